The molecular weight excluding hydrogens is 376 g/mol. The Hall–Kier alpha value is -2.24. The lowest BCUT2D eigenvalue weighted by Crippen LogP contribution is -2.46. The van der Waals surface area contributed by atoms with Crippen LogP contribution in [0.5, 0.6) is 11.5 Å². The number of halogens is 1. The highest BCUT2D eigenvalue weighted by Gasteiger charge is 2.27. The maximum absolute atomic E-state index is 12.7. The summed E-state index contributed by atoms with van der Waals surface area (Å²) in [7, 11) is 0. The van der Waals surface area contributed by atoms with Gasteiger partial charge in [0.25, 0.3) is 0 Å². The van der Waals surface area contributed by atoms with Crippen molar-refractivity contribution >= 4 is 17.5 Å². The Kier molecular flexibility index (Phi) is 6.03. The molecule has 0 spiro atoms. The molecule has 2 heterocycles. The minimum absolute atomic E-state index is 0.00645. The number of piperidine rings is 1. The Morgan fingerprint density at radius 2 is 1.93 bits per heavy atom. The molecule has 2 aromatic carbocycles. The first-order chi connectivity index (χ1) is 13.7. The van der Waals surface area contributed by atoms with Crippen molar-refractivity contribution in [3.05, 3.63) is 59.1 Å². The largest absolute Gasteiger partial charge is 0.486 e. The van der Waals surface area contributed by atoms with Crippen LogP contribution in [-0.2, 0) is 11.3 Å². The van der Waals surface area contributed by atoms with E-state index < -0.39 is 0 Å². The lowest BCUT2D eigenvalue weighted by molar-refractivity contribution is -0.127. The molecule has 1 fully saturated rings. The predicted octanol–water partition coefficient (Wildman–Crippen LogP) is 3.51. The summed E-state index contributed by atoms with van der Waals surface area (Å²) in [6, 6.07) is 15.5. The molecule has 0 unspecified atom stereocenters. The van der Waals surface area contributed by atoms with Crippen LogP contribution >= 0.6 is 11.6 Å². The number of likely N-dealkylation sites (tertiary alicyclic amines) is 1. The number of ether oxygens (including phenoxy) is 2. The van der Waals surface area contributed by atoms with E-state index in [-0.39, 0.29) is 17.9 Å². The Bertz CT molecular complexity index is 829. The summed E-state index contributed by atoms with van der Waals surface area (Å²) in [4.78, 5) is 15.0. The number of rotatable bonds is 5. The number of carbonyl (C=O) groups excluding carboxylic acids is 1. The summed E-state index contributed by atoms with van der Waals surface area (Å²) >= 11 is 6.28. The molecule has 2 aliphatic heterocycles. The minimum Gasteiger partial charge on any atom is -0.486 e. The number of carbonyl (C=O) groups is 1. The van der Waals surface area contributed by atoms with Gasteiger partial charge in [0.05, 0.1) is 12.5 Å². The van der Waals surface area contributed by atoms with E-state index in [1.807, 2.05) is 48.5 Å². The van der Waals surface area contributed by atoms with Crippen LogP contribution in [-0.4, -0.2) is 43.2 Å². The van der Waals surface area contributed by atoms with Crippen LogP contribution in [0.4, 0.5) is 0 Å². The van der Waals surface area contributed by atoms with Gasteiger partial charge in [-0.05, 0) is 43.1 Å². The average Bonchev–Trinajstić information content (AvgIpc) is 2.74. The van der Waals surface area contributed by atoms with E-state index in [1.54, 1.807) is 0 Å². The van der Waals surface area contributed by atoms with E-state index >= 15 is 0 Å². The normalized spacial score (nSPS) is 21.9. The molecule has 2 aliphatic rings. The Balaban J connectivity index is 1.27. The molecule has 6 heteroatoms. The maximum atomic E-state index is 12.7. The second kappa shape index (κ2) is 8.84. The molecule has 0 radical (unpaired) electrons. The first-order valence-corrected chi connectivity index (χ1v) is 10.2. The zero-order valence-corrected chi connectivity index (χ0v) is 16.5. The number of benzene rings is 2. The van der Waals surface area contributed by atoms with E-state index in [9.17, 15) is 4.79 Å². The third-order valence-corrected chi connectivity index (χ3v) is 5.67. The molecule has 0 aromatic heterocycles. The van der Waals surface area contributed by atoms with Gasteiger partial charge in [0.15, 0.2) is 11.5 Å². The van der Waals surface area contributed by atoms with Gasteiger partial charge in [-0.1, -0.05) is 41.9 Å². The summed E-state index contributed by atoms with van der Waals surface area (Å²) in [6.07, 6.45) is 1.76. The van der Waals surface area contributed by atoms with Crippen molar-refractivity contribution in [1.29, 1.82) is 0 Å². The van der Waals surface area contributed by atoms with Crippen molar-refractivity contribution in [2.24, 2.45) is 5.92 Å². The third kappa shape index (κ3) is 4.59. The quantitative estimate of drug-likeness (QED) is 0.834. The summed E-state index contributed by atoms with van der Waals surface area (Å²) < 4.78 is 11.6. The first kappa shape index (κ1) is 19.1. The number of para-hydroxylation sites is 2. The number of hydrogen-bond donors (Lipinski definition) is 1. The van der Waals surface area contributed by atoms with E-state index in [4.69, 9.17) is 21.1 Å². The zero-order valence-electron chi connectivity index (χ0n) is 15.8. The highest BCUT2D eigenvalue weighted by Crippen LogP contribution is 2.30. The fraction of sp³-hybridized carbons (Fsp3) is 0.409. The summed E-state index contributed by atoms with van der Waals surface area (Å²) in [5.74, 6) is 1.57. The molecule has 148 valence electrons. The highest BCUT2D eigenvalue weighted by molar-refractivity contribution is 6.31. The standard InChI is InChI=1S/C22H25ClN2O3/c23-19-8-2-1-6-16(19)13-25-11-5-7-17(14-25)22(26)24-12-18-15-27-20-9-3-4-10-21(20)28-18/h1-4,6,8-10,17-18H,5,7,11-15H2,(H,24,26)/t17-,18-/m1/s1. The minimum atomic E-state index is -0.165. The molecule has 4 rings (SSSR count). The Morgan fingerprint density at radius 1 is 1.14 bits per heavy atom. The number of hydrogen-bond acceptors (Lipinski definition) is 4. The number of nitrogens with one attached hydrogen (secondary N) is 1. The first-order valence-electron chi connectivity index (χ1n) is 9.81. The summed E-state index contributed by atoms with van der Waals surface area (Å²) in [5.41, 5.74) is 1.11. The van der Waals surface area contributed by atoms with E-state index in [1.165, 1.54) is 0 Å². The SMILES string of the molecule is O=C(NC[C@@H]1COc2ccccc2O1)[C@@H]1CCCN(Cc2ccccc2Cl)C1. The molecule has 28 heavy (non-hydrogen) atoms. The molecule has 1 saturated heterocycles. The fourth-order valence-corrected chi connectivity index (χ4v) is 4.00. The van der Waals surface area contributed by atoms with Crippen molar-refractivity contribution in [2.45, 2.75) is 25.5 Å². The second-order valence-corrected chi connectivity index (χ2v) is 7.82. The van der Waals surface area contributed by atoms with Crippen LogP contribution in [0, 0.1) is 5.92 Å². The van der Waals surface area contributed by atoms with Gasteiger partial charge in [0, 0.05) is 18.1 Å². The fourth-order valence-electron chi connectivity index (χ4n) is 3.80. The Labute approximate surface area is 170 Å². The zero-order chi connectivity index (χ0) is 19.3. The van der Waals surface area contributed by atoms with E-state index in [0.717, 1.165) is 54.6 Å². The average molecular weight is 401 g/mol. The van der Waals surface area contributed by atoms with Crippen LogP contribution in [0.2, 0.25) is 5.02 Å². The monoisotopic (exact) mass is 400 g/mol. The van der Waals surface area contributed by atoms with Crippen LogP contribution in [0.1, 0.15) is 18.4 Å². The van der Waals surface area contributed by atoms with Gasteiger partial charge in [-0.2, -0.15) is 0 Å². The lowest BCUT2D eigenvalue weighted by Gasteiger charge is -2.33. The van der Waals surface area contributed by atoms with E-state index in [0.29, 0.717) is 13.2 Å². The molecule has 0 aliphatic carbocycles. The van der Waals surface area contributed by atoms with Gasteiger partial charge < -0.3 is 14.8 Å². The van der Waals surface area contributed by atoms with Crippen LogP contribution in [0.3, 0.4) is 0 Å². The molecule has 1 N–H and O–H groups in total. The molecule has 2 aromatic rings. The van der Waals surface area contributed by atoms with Crippen LogP contribution < -0.4 is 14.8 Å². The number of fused-ring (bicyclic) bond motifs is 1. The number of nitrogens with zero attached hydrogens (tertiary/aromatic N) is 1. The molecule has 2 atom stereocenters. The van der Waals surface area contributed by atoms with Crippen molar-refractivity contribution in [2.75, 3.05) is 26.2 Å². The van der Waals surface area contributed by atoms with E-state index in [2.05, 4.69) is 10.2 Å². The van der Waals surface area contributed by atoms with Crippen molar-refractivity contribution < 1.29 is 14.3 Å². The third-order valence-electron chi connectivity index (χ3n) is 5.30. The second-order valence-electron chi connectivity index (χ2n) is 7.41. The smallest absolute Gasteiger partial charge is 0.224 e. The molecule has 1 amide bonds. The van der Waals surface area contributed by atoms with Crippen molar-refractivity contribution in [3.63, 3.8) is 0 Å². The van der Waals surface area contributed by atoms with Gasteiger partial charge in [-0.15, -0.1) is 0 Å². The maximum Gasteiger partial charge on any atom is 0.224 e. The van der Waals surface area contributed by atoms with Gasteiger partial charge in [-0.3, -0.25) is 9.69 Å². The van der Waals surface area contributed by atoms with Gasteiger partial charge in [0.2, 0.25) is 5.91 Å². The summed E-state index contributed by atoms with van der Waals surface area (Å²) in [5, 5.41) is 3.83. The molecule has 0 bridgehead atoms. The topological polar surface area (TPSA) is 50.8 Å². The Morgan fingerprint density at radius 3 is 2.79 bits per heavy atom. The summed E-state index contributed by atoms with van der Waals surface area (Å²) in [6.45, 7) is 3.42. The van der Waals surface area contributed by atoms with Gasteiger partial charge in [-0.25, -0.2) is 0 Å². The molecular formula is C22H25ClN2O3. The number of amides is 1. The predicted molar refractivity (Wildman–Crippen MR) is 109 cm³/mol. The molecule has 0 saturated carbocycles. The highest BCUT2D eigenvalue weighted by atomic mass is 35.5. The molecule has 5 nitrogen and oxygen atoms in total. The van der Waals surface area contributed by atoms with Crippen molar-refractivity contribution in [1.82, 2.24) is 10.2 Å². The lowest BCUT2D eigenvalue weighted by atomic mass is 9.96. The van der Waals surface area contributed by atoms with Crippen LogP contribution in [0.15, 0.2) is 48.5 Å². The van der Waals surface area contributed by atoms with Gasteiger partial charge >= 0.3 is 0 Å². The van der Waals surface area contributed by atoms with Crippen LogP contribution in [0.25, 0.3) is 0 Å². The van der Waals surface area contributed by atoms with Crippen molar-refractivity contribution in [3.8, 4) is 11.5 Å². The van der Waals surface area contributed by atoms with Gasteiger partial charge in [0.1, 0.15) is 12.7 Å².